The number of Topliss-reactive ketones (excluding diaryl/α,β-unsaturated/α-hetero) is 2. The van der Waals surface area contributed by atoms with E-state index < -0.39 is 69.9 Å². The molecule has 3 aliphatic rings. The van der Waals surface area contributed by atoms with Crippen LogP contribution in [-0.2, 0) is 9.59 Å². The first-order chi connectivity index (χ1) is 14.8. The van der Waals surface area contributed by atoms with Crippen LogP contribution in [0.1, 0.15) is 56.0 Å². The maximum absolute atomic E-state index is 13.3. The third kappa shape index (κ3) is 3.12. The summed E-state index contributed by atoms with van der Waals surface area (Å²) < 4.78 is 0. The highest BCUT2D eigenvalue weighted by Crippen LogP contribution is 2.53. The Morgan fingerprint density at radius 3 is 2.41 bits per heavy atom. The van der Waals surface area contributed by atoms with Gasteiger partial charge in [0.25, 0.3) is 5.91 Å². The van der Waals surface area contributed by atoms with Crippen molar-refractivity contribution in [3.05, 3.63) is 52.0 Å². The number of benzene rings is 1. The fourth-order valence-electron chi connectivity index (χ4n) is 5.33. The van der Waals surface area contributed by atoms with Crippen LogP contribution in [0.15, 0.2) is 40.9 Å². The Balaban J connectivity index is 1.84. The van der Waals surface area contributed by atoms with E-state index in [1.54, 1.807) is 39.8 Å². The van der Waals surface area contributed by atoms with Crippen LogP contribution in [0.2, 0.25) is 0 Å². The van der Waals surface area contributed by atoms with Gasteiger partial charge >= 0.3 is 0 Å². The van der Waals surface area contributed by atoms with Crippen LogP contribution in [-0.4, -0.2) is 49.5 Å². The van der Waals surface area contributed by atoms with Crippen molar-refractivity contribution in [3.8, 4) is 5.75 Å². The zero-order valence-corrected chi connectivity index (χ0v) is 18.3. The first-order valence-electron chi connectivity index (χ1n) is 10.6. The molecule has 0 bridgehead atoms. The van der Waals surface area contributed by atoms with E-state index in [4.69, 9.17) is 0 Å². The van der Waals surface area contributed by atoms with Crippen LogP contribution in [0.4, 0.5) is 0 Å². The molecule has 4 rings (SSSR count). The molecule has 8 heteroatoms. The summed E-state index contributed by atoms with van der Waals surface area (Å²) in [6, 6.07) is 4.65. The number of carbonyl (C=O) groups is 3. The molecule has 0 aromatic heterocycles. The van der Waals surface area contributed by atoms with Crippen LogP contribution < -0.4 is 5.32 Å². The number of hydrogen-bond donors (Lipinski definition) is 5. The minimum atomic E-state index is -1.34. The van der Waals surface area contributed by atoms with Crippen molar-refractivity contribution in [3.63, 3.8) is 0 Å². The second kappa shape index (κ2) is 7.20. The van der Waals surface area contributed by atoms with Crippen LogP contribution in [0.3, 0.4) is 0 Å². The topological polar surface area (TPSA) is 144 Å². The zero-order chi connectivity index (χ0) is 23.7. The van der Waals surface area contributed by atoms with E-state index in [9.17, 15) is 34.8 Å². The van der Waals surface area contributed by atoms with E-state index >= 15 is 0 Å². The molecule has 0 saturated heterocycles. The summed E-state index contributed by atoms with van der Waals surface area (Å²) in [6.45, 7) is 6.94. The number of nitrogens with one attached hydrogen (secondary N) is 1. The first-order valence-corrected chi connectivity index (χ1v) is 10.6. The molecule has 8 nitrogen and oxygen atoms in total. The normalized spacial score (nSPS) is 30.0. The molecule has 5 N–H and O–H groups in total. The number of amides is 1. The number of ketones is 2. The number of carbonyl (C=O) groups excluding carboxylic acids is 3. The number of aromatic hydroxyl groups is 1. The van der Waals surface area contributed by atoms with Crippen molar-refractivity contribution in [2.45, 2.75) is 51.7 Å². The smallest absolute Gasteiger partial charge is 0.258 e. The highest BCUT2D eigenvalue weighted by Gasteiger charge is 2.56. The van der Waals surface area contributed by atoms with Gasteiger partial charge in [-0.25, -0.2) is 0 Å². The number of phenols is 1. The lowest BCUT2D eigenvalue weighted by molar-refractivity contribution is -0.130. The fourth-order valence-corrected chi connectivity index (χ4v) is 5.33. The van der Waals surface area contributed by atoms with Gasteiger partial charge in [-0.15, -0.1) is 0 Å². The number of rotatable bonds is 1. The van der Waals surface area contributed by atoms with Gasteiger partial charge in [0.1, 0.15) is 22.8 Å². The van der Waals surface area contributed by atoms with Crippen molar-refractivity contribution >= 4 is 17.5 Å². The van der Waals surface area contributed by atoms with E-state index in [0.29, 0.717) is 5.56 Å². The number of aliphatic hydroxyl groups excluding tert-OH is 3. The summed E-state index contributed by atoms with van der Waals surface area (Å²) in [4.78, 5) is 39.3. The quantitative estimate of drug-likeness (QED) is 0.421. The van der Waals surface area contributed by atoms with Gasteiger partial charge < -0.3 is 25.7 Å². The highest BCUT2D eigenvalue weighted by molar-refractivity contribution is 6.22. The van der Waals surface area contributed by atoms with E-state index in [1.807, 2.05) is 0 Å². The zero-order valence-electron chi connectivity index (χ0n) is 18.3. The van der Waals surface area contributed by atoms with Gasteiger partial charge in [0.15, 0.2) is 11.6 Å². The molecule has 1 aromatic rings. The minimum absolute atomic E-state index is 0.0378. The second-order valence-corrected chi connectivity index (χ2v) is 9.91. The number of fused-ring (bicyclic) bond motifs is 3. The molecule has 0 saturated carbocycles. The van der Waals surface area contributed by atoms with Gasteiger partial charge in [0.2, 0.25) is 0 Å². The highest BCUT2D eigenvalue weighted by atomic mass is 16.3. The number of phenolic OH excluding ortho intramolecular Hbond substituents is 1. The largest absolute Gasteiger partial charge is 0.511 e. The molecule has 1 aromatic carbocycles. The van der Waals surface area contributed by atoms with Gasteiger partial charge in [0, 0.05) is 29.4 Å². The maximum Gasteiger partial charge on any atom is 0.258 e. The first kappa shape index (κ1) is 22.1. The lowest BCUT2D eigenvalue weighted by atomic mass is 9.58. The van der Waals surface area contributed by atoms with Gasteiger partial charge in [-0.3, -0.25) is 14.4 Å². The summed E-state index contributed by atoms with van der Waals surface area (Å²) in [5.74, 6) is -6.94. The van der Waals surface area contributed by atoms with Gasteiger partial charge in [-0.1, -0.05) is 19.1 Å². The van der Waals surface area contributed by atoms with Gasteiger partial charge in [0.05, 0.1) is 17.6 Å². The monoisotopic (exact) mass is 441 g/mol. The summed E-state index contributed by atoms with van der Waals surface area (Å²) in [5, 5.41) is 45.8. The Labute approximate surface area is 185 Å². The molecule has 1 amide bonds. The molecule has 170 valence electrons. The van der Waals surface area contributed by atoms with Gasteiger partial charge in [-0.2, -0.15) is 0 Å². The van der Waals surface area contributed by atoms with E-state index in [0.717, 1.165) is 0 Å². The van der Waals surface area contributed by atoms with Crippen molar-refractivity contribution in [2.75, 3.05) is 0 Å². The van der Waals surface area contributed by atoms with Gasteiger partial charge in [-0.05, 0) is 38.3 Å². The molecular weight excluding hydrogens is 414 g/mol. The molecule has 3 aliphatic carbocycles. The summed E-state index contributed by atoms with van der Waals surface area (Å²) >= 11 is 0. The molecule has 0 spiro atoms. The van der Waals surface area contributed by atoms with E-state index in [1.165, 1.54) is 6.07 Å². The third-order valence-corrected chi connectivity index (χ3v) is 6.68. The maximum atomic E-state index is 13.3. The molecule has 0 radical (unpaired) electrons. The van der Waals surface area contributed by atoms with Crippen molar-refractivity contribution in [1.82, 2.24) is 5.32 Å². The average molecular weight is 441 g/mol. The number of aliphatic hydroxyl groups is 3. The predicted octanol–water partition coefficient (Wildman–Crippen LogP) is 2.43. The Kier molecular flexibility index (Phi) is 4.97. The van der Waals surface area contributed by atoms with Crippen molar-refractivity contribution in [1.29, 1.82) is 0 Å². The molecule has 5 atom stereocenters. The second-order valence-electron chi connectivity index (χ2n) is 9.91. The number of allylic oxidation sites excluding steroid dienone is 2. The lowest BCUT2D eigenvalue weighted by Gasteiger charge is -2.46. The predicted molar refractivity (Wildman–Crippen MR) is 114 cm³/mol. The summed E-state index contributed by atoms with van der Waals surface area (Å²) in [5.41, 5.74) is -0.684. The molecule has 0 heterocycles. The van der Waals surface area contributed by atoms with Crippen LogP contribution in [0.5, 0.6) is 5.75 Å². The lowest BCUT2D eigenvalue weighted by Crippen LogP contribution is -2.52. The Morgan fingerprint density at radius 1 is 1.12 bits per heavy atom. The van der Waals surface area contributed by atoms with Crippen LogP contribution in [0.25, 0.3) is 0 Å². The SMILES string of the molecule is C[C@H]1c2cccc(O)c2C(=O)C2=C(O)C3C(=O)C(C(=O)NC(C)(C)C)=C(O)C[C@@H]3[C@@H](O)[C@@H]21. The van der Waals surface area contributed by atoms with Crippen LogP contribution >= 0.6 is 0 Å². The number of hydrogen-bond acceptors (Lipinski definition) is 7. The van der Waals surface area contributed by atoms with E-state index in [2.05, 4.69) is 5.32 Å². The fraction of sp³-hybridized carbons (Fsp3) is 0.458. The standard InChI is InChI=1S/C24H27NO7/c1-9-10-6-5-7-12(26)15(10)20(29)18-14(9)19(28)11-8-13(27)17(21(30)16(11)22(18)31)23(32)25-24(2,3)4/h5-7,9,11,14,16,19,26-28,31H,8H2,1-4H3,(H,25,32)/t9-,11-,14+,16?,19+/m0/s1. The third-order valence-electron chi connectivity index (χ3n) is 6.68. The van der Waals surface area contributed by atoms with Crippen LogP contribution in [0, 0.1) is 17.8 Å². The Bertz CT molecular complexity index is 1110. The van der Waals surface area contributed by atoms with Crippen molar-refractivity contribution < 1.29 is 34.8 Å². The molecule has 0 aliphatic heterocycles. The summed E-state index contributed by atoms with van der Waals surface area (Å²) in [7, 11) is 0. The molecule has 1 unspecified atom stereocenters. The molecular formula is C24H27NO7. The Hall–Kier alpha value is -3.13. The Morgan fingerprint density at radius 2 is 1.78 bits per heavy atom. The van der Waals surface area contributed by atoms with Crippen molar-refractivity contribution in [2.24, 2.45) is 17.8 Å². The molecule has 32 heavy (non-hydrogen) atoms. The summed E-state index contributed by atoms with van der Waals surface area (Å²) in [6.07, 6.45) is -1.41. The van der Waals surface area contributed by atoms with E-state index in [-0.39, 0.29) is 23.3 Å². The average Bonchev–Trinajstić information content (AvgIpc) is 2.66. The minimum Gasteiger partial charge on any atom is -0.511 e. The molecule has 0 fully saturated rings.